The second kappa shape index (κ2) is 5.23. The van der Waals surface area contributed by atoms with Gasteiger partial charge in [-0.3, -0.25) is 0 Å². The van der Waals surface area contributed by atoms with Crippen molar-refractivity contribution in [3.05, 3.63) is 52.6 Å². The van der Waals surface area contributed by atoms with Crippen molar-refractivity contribution in [1.29, 1.82) is 0 Å². The average Bonchev–Trinajstić information content (AvgIpc) is 2.29. The summed E-state index contributed by atoms with van der Waals surface area (Å²) < 4.78 is 30.9. The summed E-state index contributed by atoms with van der Waals surface area (Å²) >= 11 is 3.31. The van der Waals surface area contributed by atoms with Crippen LogP contribution in [0.5, 0.6) is 11.6 Å². The second-order valence-electron chi connectivity index (χ2n) is 3.29. The SMILES string of the molecule is FC(F)c1ccc(Oc2cccc(Br)c2)nc1. The maximum absolute atomic E-state index is 12.3. The highest BCUT2D eigenvalue weighted by molar-refractivity contribution is 9.10. The Kier molecular flexibility index (Phi) is 3.68. The van der Waals surface area contributed by atoms with Crippen LogP contribution in [-0.4, -0.2) is 4.98 Å². The van der Waals surface area contributed by atoms with Crippen LogP contribution in [0.25, 0.3) is 0 Å². The van der Waals surface area contributed by atoms with Gasteiger partial charge in [0.2, 0.25) is 5.88 Å². The molecule has 2 aromatic rings. The van der Waals surface area contributed by atoms with Gasteiger partial charge >= 0.3 is 0 Å². The van der Waals surface area contributed by atoms with Crippen molar-refractivity contribution in [3.63, 3.8) is 0 Å². The van der Waals surface area contributed by atoms with E-state index < -0.39 is 6.43 Å². The van der Waals surface area contributed by atoms with Gasteiger partial charge in [0.1, 0.15) is 5.75 Å². The number of pyridine rings is 1. The molecule has 0 bridgehead atoms. The highest BCUT2D eigenvalue weighted by atomic mass is 79.9. The molecule has 0 unspecified atom stereocenters. The summed E-state index contributed by atoms with van der Waals surface area (Å²) in [5.74, 6) is 0.879. The van der Waals surface area contributed by atoms with E-state index >= 15 is 0 Å². The summed E-state index contributed by atoms with van der Waals surface area (Å²) in [6.07, 6.45) is -1.40. The first kappa shape index (κ1) is 12.0. The van der Waals surface area contributed by atoms with Gasteiger partial charge in [0.25, 0.3) is 6.43 Å². The van der Waals surface area contributed by atoms with E-state index in [0.29, 0.717) is 5.75 Å². The van der Waals surface area contributed by atoms with Crippen LogP contribution < -0.4 is 4.74 Å². The van der Waals surface area contributed by atoms with Crippen LogP contribution in [0.15, 0.2) is 47.1 Å². The van der Waals surface area contributed by atoms with Gasteiger partial charge in [-0.05, 0) is 24.3 Å². The molecule has 88 valence electrons. The predicted octanol–water partition coefficient (Wildman–Crippen LogP) is 4.57. The Hall–Kier alpha value is -1.49. The van der Waals surface area contributed by atoms with Crippen molar-refractivity contribution in [2.75, 3.05) is 0 Å². The van der Waals surface area contributed by atoms with Gasteiger partial charge in [-0.25, -0.2) is 13.8 Å². The molecular formula is C12H8BrF2NO. The number of halogens is 3. The third-order valence-corrected chi connectivity index (χ3v) is 2.52. The molecule has 2 nitrogen and oxygen atoms in total. The fraction of sp³-hybridized carbons (Fsp3) is 0.0833. The van der Waals surface area contributed by atoms with Crippen LogP contribution in [0.2, 0.25) is 0 Å². The van der Waals surface area contributed by atoms with E-state index in [9.17, 15) is 8.78 Å². The quantitative estimate of drug-likeness (QED) is 0.828. The fourth-order valence-corrected chi connectivity index (χ4v) is 1.61. The normalized spacial score (nSPS) is 10.6. The second-order valence-corrected chi connectivity index (χ2v) is 4.21. The van der Waals surface area contributed by atoms with Crippen LogP contribution in [0, 0.1) is 0 Å². The lowest BCUT2D eigenvalue weighted by Crippen LogP contribution is -1.90. The maximum atomic E-state index is 12.3. The molecule has 0 aliphatic heterocycles. The van der Waals surface area contributed by atoms with Crippen LogP contribution >= 0.6 is 15.9 Å². The van der Waals surface area contributed by atoms with Crippen molar-refractivity contribution in [1.82, 2.24) is 4.98 Å². The van der Waals surface area contributed by atoms with E-state index in [-0.39, 0.29) is 11.4 Å². The van der Waals surface area contributed by atoms with E-state index in [1.54, 1.807) is 12.1 Å². The molecule has 1 aromatic heterocycles. The topological polar surface area (TPSA) is 22.1 Å². The molecule has 5 heteroatoms. The van der Waals surface area contributed by atoms with Crippen molar-refractivity contribution >= 4 is 15.9 Å². The summed E-state index contributed by atoms with van der Waals surface area (Å²) in [5.41, 5.74) is -0.119. The average molecular weight is 300 g/mol. The molecule has 1 aromatic carbocycles. The number of hydrogen-bond donors (Lipinski definition) is 0. The molecule has 0 radical (unpaired) electrons. The molecule has 0 atom stereocenters. The molecule has 0 spiro atoms. The van der Waals surface area contributed by atoms with Gasteiger partial charge in [-0.2, -0.15) is 0 Å². The molecule has 0 N–H and O–H groups in total. The number of rotatable bonds is 3. The first-order chi connectivity index (χ1) is 8.15. The summed E-state index contributed by atoms with van der Waals surface area (Å²) in [6.45, 7) is 0. The fourth-order valence-electron chi connectivity index (χ4n) is 1.23. The van der Waals surface area contributed by atoms with Crippen LogP contribution in [0.3, 0.4) is 0 Å². The molecule has 2 rings (SSSR count). The standard InChI is InChI=1S/C12H8BrF2NO/c13-9-2-1-3-10(6-9)17-11-5-4-8(7-16-11)12(14)15/h1-7,12H. The van der Waals surface area contributed by atoms with Crippen molar-refractivity contribution in [3.8, 4) is 11.6 Å². The summed E-state index contributed by atoms with van der Waals surface area (Å²) in [6, 6.07) is 9.91. The van der Waals surface area contributed by atoms with E-state index in [4.69, 9.17) is 4.74 Å². The van der Waals surface area contributed by atoms with Gasteiger partial charge in [0.05, 0.1) is 0 Å². The molecule has 17 heavy (non-hydrogen) atoms. The molecular weight excluding hydrogens is 292 g/mol. The Balaban J connectivity index is 2.14. The lowest BCUT2D eigenvalue weighted by atomic mass is 10.3. The van der Waals surface area contributed by atoms with Gasteiger partial charge in [-0.15, -0.1) is 0 Å². The third kappa shape index (κ3) is 3.23. The molecule has 0 saturated carbocycles. The number of ether oxygens (including phenoxy) is 1. The number of alkyl halides is 2. The predicted molar refractivity (Wildman–Crippen MR) is 63.4 cm³/mol. The Bertz CT molecular complexity index is 502. The van der Waals surface area contributed by atoms with Gasteiger partial charge in [0.15, 0.2) is 0 Å². The molecule has 0 saturated heterocycles. The van der Waals surface area contributed by atoms with E-state index in [2.05, 4.69) is 20.9 Å². The molecule has 0 aliphatic rings. The first-order valence-corrected chi connectivity index (χ1v) is 5.62. The Morgan fingerprint density at radius 1 is 1.18 bits per heavy atom. The summed E-state index contributed by atoms with van der Waals surface area (Å²) in [7, 11) is 0. The van der Waals surface area contributed by atoms with E-state index in [1.807, 2.05) is 12.1 Å². The van der Waals surface area contributed by atoms with Crippen LogP contribution in [0.4, 0.5) is 8.78 Å². The van der Waals surface area contributed by atoms with Crippen LogP contribution in [-0.2, 0) is 0 Å². The highest BCUT2D eigenvalue weighted by Gasteiger charge is 2.07. The molecule has 0 fully saturated rings. The summed E-state index contributed by atoms with van der Waals surface area (Å²) in [5, 5.41) is 0. The minimum absolute atomic E-state index is 0.119. The number of nitrogens with zero attached hydrogens (tertiary/aromatic N) is 1. The molecule has 0 aliphatic carbocycles. The number of hydrogen-bond acceptors (Lipinski definition) is 2. The Morgan fingerprint density at radius 3 is 2.59 bits per heavy atom. The van der Waals surface area contributed by atoms with E-state index in [1.165, 1.54) is 12.1 Å². The minimum atomic E-state index is -2.51. The summed E-state index contributed by atoms with van der Waals surface area (Å²) in [4.78, 5) is 3.81. The van der Waals surface area contributed by atoms with Crippen molar-refractivity contribution in [2.45, 2.75) is 6.43 Å². The Morgan fingerprint density at radius 2 is 2.00 bits per heavy atom. The van der Waals surface area contributed by atoms with Gasteiger partial charge in [-0.1, -0.05) is 22.0 Å². The lowest BCUT2D eigenvalue weighted by Gasteiger charge is -2.05. The highest BCUT2D eigenvalue weighted by Crippen LogP contribution is 2.24. The largest absolute Gasteiger partial charge is 0.439 e. The maximum Gasteiger partial charge on any atom is 0.265 e. The lowest BCUT2D eigenvalue weighted by molar-refractivity contribution is 0.151. The molecule has 0 amide bonds. The van der Waals surface area contributed by atoms with Gasteiger partial charge < -0.3 is 4.74 Å². The smallest absolute Gasteiger partial charge is 0.265 e. The first-order valence-electron chi connectivity index (χ1n) is 4.82. The van der Waals surface area contributed by atoms with Crippen molar-refractivity contribution in [2.24, 2.45) is 0 Å². The minimum Gasteiger partial charge on any atom is -0.439 e. The van der Waals surface area contributed by atoms with Gasteiger partial charge in [0, 0.05) is 22.3 Å². The van der Waals surface area contributed by atoms with Crippen LogP contribution in [0.1, 0.15) is 12.0 Å². The number of aromatic nitrogens is 1. The Labute approximate surface area is 105 Å². The zero-order chi connectivity index (χ0) is 12.3. The van der Waals surface area contributed by atoms with E-state index in [0.717, 1.165) is 10.7 Å². The zero-order valence-corrected chi connectivity index (χ0v) is 10.2. The van der Waals surface area contributed by atoms with Crippen molar-refractivity contribution < 1.29 is 13.5 Å². The molecule has 1 heterocycles. The third-order valence-electron chi connectivity index (χ3n) is 2.03. The monoisotopic (exact) mass is 299 g/mol. The zero-order valence-electron chi connectivity index (χ0n) is 8.61. The number of benzene rings is 1.